The molecule has 5 nitrogen and oxygen atoms in total. The van der Waals surface area contributed by atoms with Crippen LogP contribution >= 0.6 is 0 Å². The van der Waals surface area contributed by atoms with Crippen molar-refractivity contribution in [2.75, 3.05) is 14.1 Å². The summed E-state index contributed by atoms with van der Waals surface area (Å²) in [4.78, 5) is 24.9. The van der Waals surface area contributed by atoms with Crippen LogP contribution in [0.25, 0.3) is 0 Å². The Morgan fingerprint density at radius 3 is 2.56 bits per heavy atom. The van der Waals surface area contributed by atoms with Crippen molar-refractivity contribution in [3.05, 3.63) is 33.7 Å². The van der Waals surface area contributed by atoms with Crippen LogP contribution in [0.5, 0.6) is 0 Å². The van der Waals surface area contributed by atoms with Crippen LogP contribution in [-0.2, 0) is 17.9 Å². The number of carbonyl (C=O) groups excluding carboxylic acids is 1. The van der Waals surface area contributed by atoms with Crippen molar-refractivity contribution < 1.29 is 4.79 Å². The molecular weight excluding hydrogens is 206 g/mol. The predicted octanol–water partition coefficient (Wildman–Crippen LogP) is -0.296. The number of carbonyl (C=O) groups is 1. The maximum Gasteiger partial charge on any atom is 0.255 e. The van der Waals surface area contributed by atoms with E-state index in [9.17, 15) is 9.59 Å². The first-order valence-electron chi connectivity index (χ1n) is 5.07. The van der Waals surface area contributed by atoms with E-state index >= 15 is 0 Å². The molecule has 2 N–H and O–H groups in total. The monoisotopic (exact) mass is 223 g/mol. The zero-order valence-corrected chi connectivity index (χ0v) is 9.86. The average molecular weight is 223 g/mol. The van der Waals surface area contributed by atoms with Gasteiger partial charge < -0.3 is 15.2 Å². The van der Waals surface area contributed by atoms with Gasteiger partial charge in [0, 0.05) is 31.9 Å². The minimum absolute atomic E-state index is 0.0610. The summed E-state index contributed by atoms with van der Waals surface area (Å²) in [5.41, 5.74) is 6.56. The molecule has 0 aliphatic carbocycles. The quantitative estimate of drug-likeness (QED) is 0.765. The summed E-state index contributed by atoms with van der Waals surface area (Å²) >= 11 is 0. The fourth-order valence-electron chi connectivity index (χ4n) is 1.34. The van der Waals surface area contributed by atoms with Crippen molar-refractivity contribution in [1.29, 1.82) is 0 Å². The van der Waals surface area contributed by atoms with Crippen molar-refractivity contribution in [3.8, 4) is 0 Å². The normalized spacial score (nSPS) is 10.2. The predicted molar refractivity (Wildman–Crippen MR) is 62.0 cm³/mol. The molecule has 0 aromatic carbocycles. The number of hydrogen-bond donors (Lipinski definition) is 1. The standard InChI is InChI=1S/C11H17N3O2/c1-8-4-5-9(6-12)11(16)14(8)7-10(15)13(2)3/h4-5H,6-7,12H2,1-3H3. The zero-order chi connectivity index (χ0) is 12.3. The molecule has 0 radical (unpaired) electrons. The molecule has 0 unspecified atom stereocenters. The van der Waals surface area contributed by atoms with Gasteiger partial charge >= 0.3 is 0 Å². The molecule has 1 aromatic rings. The summed E-state index contributed by atoms with van der Waals surface area (Å²) in [5.74, 6) is -0.112. The molecule has 0 aliphatic heterocycles. The minimum Gasteiger partial charge on any atom is -0.347 e. The Balaban J connectivity index is 3.13. The third-order valence-electron chi connectivity index (χ3n) is 2.48. The van der Waals surface area contributed by atoms with Crippen LogP contribution in [0.15, 0.2) is 16.9 Å². The lowest BCUT2D eigenvalue weighted by Crippen LogP contribution is -2.34. The summed E-state index contributed by atoms with van der Waals surface area (Å²) in [7, 11) is 3.32. The van der Waals surface area contributed by atoms with E-state index in [-0.39, 0.29) is 24.6 Å². The Kier molecular flexibility index (Phi) is 3.84. The van der Waals surface area contributed by atoms with Gasteiger partial charge in [-0.3, -0.25) is 9.59 Å². The Morgan fingerprint density at radius 1 is 1.44 bits per heavy atom. The van der Waals surface area contributed by atoms with Crippen LogP contribution in [0.1, 0.15) is 11.3 Å². The molecule has 0 bridgehead atoms. The van der Waals surface area contributed by atoms with Crippen LogP contribution < -0.4 is 11.3 Å². The summed E-state index contributed by atoms with van der Waals surface area (Å²) in [6.45, 7) is 2.05. The summed E-state index contributed by atoms with van der Waals surface area (Å²) in [6.07, 6.45) is 0. The highest BCUT2D eigenvalue weighted by Gasteiger charge is 2.10. The van der Waals surface area contributed by atoms with Gasteiger partial charge in [0.1, 0.15) is 6.54 Å². The van der Waals surface area contributed by atoms with Crippen molar-refractivity contribution in [1.82, 2.24) is 9.47 Å². The van der Waals surface area contributed by atoms with Gasteiger partial charge in [-0.25, -0.2) is 0 Å². The van der Waals surface area contributed by atoms with E-state index in [1.54, 1.807) is 33.2 Å². The molecule has 0 saturated carbocycles. The number of likely N-dealkylation sites (N-methyl/N-ethyl adjacent to an activating group) is 1. The smallest absolute Gasteiger partial charge is 0.255 e. The third-order valence-corrected chi connectivity index (χ3v) is 2.48. The lowest BCUT2D eigenvalue weighted by Gasteiger charge is -2.14. The van der Waals surface area contributed by atoms with Crippen LogP contribution in [0, 0.1) is 6.92 Å². The summed E-state index contributed by atoms with van der Waals surface area (Å²) < 4.78 is 1.45. The number of aryl methyl sites for hydroxylation is 1. The molecule has 0 atom stereocenters. The molecule has 0 fully saturated rings. The van der Waals surface area contributed by atoms with E-state index in [0.717, 1.165) is 5.69 Å². The highest BCUT2D eigenvalue weighted by Crippen LogP contribution is 1.98. The second-order valence-corrected chi connectivity index (χ2v) is 3.88. The molecule has 88 valence electrons. The second kappa shape index (κ2) is 4.94. The number of nitrogens with two attached hydrogens (primary N) is 1. The number of nitrogens with zero attached hydrogens (tertiary/aromatic N) is 2. The first-order valence-corrected chi connectivity index (χ1v) is 5.07. The molecule has 1 amide bonds. The van der Waals surface area contributed by atoms with E-state index in [0.29, 0.717) is 5.56 Å². The first kappa shape index (κ1) is 12.4. The molecule has 1 aromatic heterocycles. The van der Waals surface area contributed by atoms with Crippen molar-refractivity contribution >= 4 is 5.91 Å². The Bertz CT molecular complexity index is 449. The molecule has 5 heteroatoms. The lowest BCUT2D eigenvalue weighted by molar-refractivity contribution is -0.129. The molecule has 1 heterocycles. The molecule has 0 spiro atoms. The van der Waals surface area contributed by atoms with Gasteiger partial charge in [-0.1, -0.05) is 6.07 Å². The maximum absolute atomic E-state index is 11.9. The van der Waals surface area contributed by atoms with Gasteiger partial charge in [0.25, 0.3) is 5.56 Å². The van der Waals surface area contributed by atoms with E-state index in [1.165, 1.54) is 9.47 Å². The van der Waals surface area contributed by atoms with Gasteiger partial charge in [0.15, 0.2) is 0 Å². The van der Waals surface area contributed by atoms with Gasteiger partial charge in [-0.2, -0.15) is 0 Å². The first-order chi connectivity index (χ1) is 7.47. The largest absolute Gasteiger partial charge is 0.347 e. The number of rotatable bonds is 3. The average Bonchev–Trinajstić information content (AvgIpc) is 2.24. The van der Waals surface area contributed by atoms with Gasteiger partial charge in [0.2, 0.25) is 5.91 Å². The summed E-state index contributed by atoms with van der Waals surface area (Å²) in [6, 6.07) is 3.50. The topological polar surface area (TPSA) is 68.3 Å². The van der Waals surface area contributed by atoms with Crippen molar-refractivity contribution in [2.45, 2.75) is 20.0 Å². The molecule has 0 saturated heterocycles. The Morgan fingerprint density at radius 2 is 2.06 bits per heavy atom. The van der Waals surface area contributed by atoms with Gasteiger partial charge in [-0.05, 0) is 13.0 Å². The Labute approximate surface area is 94.5 Å². The lowest BCUT2D eigenvalue weighted by atomic mass is 10.2. The molecule has 16 heavy (non-hydrogen) atoms. The number of hydrogen-bond acceptors (Lipinski definition) is 3. The minimum atomic E-state index is -0.183. The SMILES string of the molecule is Cc1ccc(CN)c(=O)n1CC(=O)N(C)C. The Hall–Kier alpha value is -1.62. The number of amides is 1. The fraction of sp³-hybridized carbons (Fsp3) is 0.455. The van der Waals surface area contributed by atoms with E-state index in [4.69, 9.17) is 5.73 Å². The highest BCUT2D eigenvalue weighted by molar-refractivity contribution is 5.75. The zero-order valence-electron chi connectivity index (χ0n) is 9.86. The van der Waals surface area contributed by atoms with Gasteiger partial charge in [-0.15, -0.1) is 0 Å². The molecule has 1 rings (SSSR count). The molecular formula is C11H17N3O2. The van der Waals surface area contributed by atoms with Crippen molar-refractivity contribution in [3.63, 3.8) is 0 Å². The van der Waals surface area contributed by atoms with E-state index < -0.39 is 0 Å². The fourth-order valence-corrected chi connectivity index (χ4v) is 1.34. The van der Waals surface area contributed by atoms with Crippen LogP contribution in [-0.4, -0.2) is 29.5 Å². The van der Waals surface area contributed by atoms with Gasteiger partial charge in [0.05, 0.1) is 0 Å². The van der Waals surface area contributed by atoms with E-state index in [2.05, 4.69) is 0 Å². The highest BCUT2D eigenvalue weighted by atomic mass is 16.2. The van der Waals surface area contributed by atoms with Crippen LogP contribution in [0.2, 0.25) is 0 Å². The number of aromatic nitrogens is 1. The summed E-state index contributed by atoms with van der Waals surface area (Å²) in [5, 5.41) is 0. The van der Waals surface area contributed by atoms with Crippen LogP contribution in [0.4, 0.5) is 0 Å². The second-order valence-electron chi connectivity index (χ2n) is 3.88. The van der Waals surface area contributed by atoms with Crippen LogP contribution in [0.3, 0.4) is 0 Å². The maximum atomic E-state index is 11.9. The molecule has 0 aliphatic rings. The third kappa shape index (κ3) is 2.49. The van der Waals surface area contributed by atoms with E-state index in [1.807, 2.05) is 0 Å². The van der Waals surface area contributed by atoms with Crippen molar-refractivity contribution in [2.24, 2.45) is 5.73 Å². The number of pyridine rings is 1.